The van der Waals surface area contributed by atoms with Gasteiger partial charge in [-0.15, -0.1) is 0 Å². The first-order chi connectivity index (χ1) is 18.2. The third kappa shape index (κ3) is 3.89. The number of hydrogen-bond donors (Lipinski definition) is 3. The van der Waals surface area contributed by atoms with Crippen molar-refractivity contribution >= 4 is 27.8 Å². The van der Waals surface area contributed by atoms with Crippen LogP contribution in [-0.2, 0) is 0 Å². The highest BCUT2D eigenvalue weighted by Crippen LogP contribution is 2.34. The van der Waals surface area contributed by atoms with Crippen LogP contribution in [0.1, 0.15) is 0 Å². The van der Waals surface area contributed by atoms with Crippen LogP contribution in [0.15, 0.2) is 73.2 Å². The predicted molar refractivity (Wildman–Crippen MR) is 143 cm³/mol. The molecule has 6 aromatic rings. The molecule has 0 radical (unpaired) electrons. The molecular weight excluding hydrogens is 467 g/mol. The van der Waals surface area contributed by atoms with Gasteiger partial charge in [-0.05, 0) is 42.0 Å². The molecule has 2 aromatic carbocycles. The minimum Gasteiger partial charge on any atom is -0.369 e. The Morgan fingerprint density at radius 1 is 0.892 bits per heavy atom. The van der Waals surface area contributed by atoms with Crippen molar-refractivity contribution in [2.75, 3.05) is 31.1 Å². The summed E-state index contributed by atoms with van der Waals surface area (Å²) in [5.41, 5.74) is 7.44. The van der Waals surface area contributed by atoms with E-state index in [9.17, 15) is 4.39 Å². The van der Waals surface area contributed by atoms with E-state index in [1.807, 2.05) is 48.7 Å². The van der Waals surface area contributed by atoms with Crippen molar-refractivity contribution in [3.63, 3.8) is 0 Å². The number of aromatic amines is 2. The van der Waals surface area contributed by atoms with Gasteiger partial charge < -0.3 is 15.2 Å². The number of piperazine rings is 1. The molecule has 0 aliphatic carbocycles. The molecule has 1 fully saturated rings. The van der Waals surface area contributed by atoms with E-state index in [4.69, 9.17) is 4.98 Å². The summed E-state index contributed by atoms with van der Waals surface area (Å²) in [6, 6.07) is 17.1. The number of fused-ring (bicyclic) bond motifs is 2. The minimum atomic E-state index is -0.258. The number of imidazole rings is 1. The Kier molecular flexibility index (Phi) is 5.14. The van der Waals surface area contributed by atoms with Crippen LogP contribution in [0.2, 0.25) is 0 Å². The number of halogens is 1. The molecule has 0 bridgehead atoms. The molecular formula is C28H23FN8. The van der Waals surface area contributed by atoms with Gasteiger partial charge in [-0.1, -0.05) is 18.2 Å². The monoisotopic (exact) mass is 490 g/mol. The second-order valence-electron chi connectivity index (χ2n) is 9.16. The predicted octanol–water partition coefficient (Wildman–Crippen LogP) is 4.78. The van der Waals surface area contributed by atoms with Gasteiger partial charge >= 0.3 is 0 Å². The Hall–Kier alpha value is -4.63. The van der Waals surface area contributed by atoms with Crippen LogP contribution in [-0.4, -0.2) is 56.3 Å². The van der Waals surface area contributed by atoms with Crippen LogP contribution >= 0.6 is 0 Å². The normalized spacial score (nSPS) is 14.0. The second kappa shape index (κ2) is 8.79. The van der Waals surface area contributed by atoms with Gasteiger partial charge in [0.05, 0.1) is 16.4 Å². The summed E-state index contributed by atoms with van der Waals surface area (Å²) in [6.07, 6.45) is 5.36. The third-order valence-corrected chi connectivity index (χ3v) is 6.82. The van der Waals surface area contributed by atoms with Crippen molar-refractivity contribution < 1.29 is 4.39 Å². The first-order valence-electron chi connectivity index (χ1n) is 12.2. The first-order valence-corrected chi connectivity index (χ1v) is 12.2. The lowest BCUT2D eigenvalue weighted by Crippen LogP contribution is -2.43. The Morgan fingerprint density at radius 3 is 2.68 bits per heavy atom. The number of aromatic nitrogens is 6. The molecule has 0 saturated carbocycles. The molecule has 1 saturated heterocycles. The first kappa shape index (κ1) is 21.6. The fraction of sp³-hybridized carbons (Fsp3) is 0.143. The molecule has 0 spiro atoms. The molecule has 0 atom stereocenters. The number of benzene rings is 2. The number of anilines is 1. The van der Waals surface area contributed by atoms with Crippen LogP contribution in [0.25, 0.3) is 55.8 Å². The quantitative estimate of drug-likeness (QED) is 0.329. The molecule has 1 aliphatic heterocycles. The maximum atomic E-state index is 14.8. The van der Waals surface area contributed by atoms with Gasteiger partial charge in [0.25, 0.3) is 0 Å². The zero-order chi connectivity index (χ0) is 24.8. The molecule has 3 N–H and O–H groups in total. The van der Waals surface area contributed by atoms with Crippen molar-refractivity contribution in [2.24, 2.45) is 0 Å². The van der Waals surface area contributed by atoms with Crippen molar-refractivity contribution in [1.82, 2.24) is 35.5 Å². The number of H-pyrrole nitrogens is 2. The zero-order valence-electron chi connectivity index (χ0n) is 19.9. The van der Waals surface area contributed by atoms with E-state index in [2.05, 4.69) is 35.4 Å². The maximum Gasteiger partial charge on any atom is 0.159 e. The molecule has 182 valence electrons. The molecule has 8 nitrogen and oxygen atoms in total. The molecule has 0 unspecified atom stereocenters. The summed E-state index contributed by atoms with van der Waals surface area (Å²) >= 11 is 0. The fourth-order valence-corrected chi connectivity index (χ4v) is 4.99. The zero-order valence-corrected chi connectivity index (χ0v) is 19.9. The molecule has 5 heterocycles. The number of nitrogens with one attached hydrogen (secondary N) is 3. The van der Waals surface area contributed by atoms with Crippen LogP contribution < -0.4 is 10.2 Å². The summed E-state index contributed by atoms with van der Waals surface area (Å²) in [5.74, 6) is 0.365. The Balaban J connectivity index is 1.33. The van der Waals surface area contributed by atoms with Crippen molar-refractivity contribution in [2.45, 2.75) is 0 Å². The van der Waals surface area contributed by atoms with Gasteiger partial charge in [-0.25, -0.2) is 14.4 Å². The number of rotatable bonds is 4. The average molecular weight is 491 g/mol. The lowest BCUT2D eigenvalue weighted by molar-refractivity contribution is 0.585. The van der Waals surface area contributed by atoms with E-state index in [1.54, 1.807) is 24.5 Å². The molecule has 9 heteroatoms. The van der Waals surface area contributed by atoms with Gasteiger partial charge in [0.15, 0.2) is 11.5 Å². The number of hydrogen-bond acceptors (Lipinski definition) is 6. The third-order valence-electron chi connectivity index (χ3n) is 6.82. The van der Waals surface area contributed by atoms with Crippen LogP contribution in [0.4, 0.5) is 10.1 Å². The molecule has 0 amide bonds. The highest BCUT2D eigenvalue weighted by atomic mass is 19.1. The van der Waals surface area contributed by atoms with Gasteiger partial charge in [0.1, 0.15) is 11.5 Å². The lowest BCUT2D eigenvalue weighted by Gasteiger charge is -2.29. The minimum absolute atomic E-state index is 0.258. The van der Waals surface area contributed by atoms with Crippen molar-refractivity contribution in [1.29, 1.82) is 0 Å². The maximum absolute atomic E-state index is 14.8. The highest BCUT2D eigenvalue weighted by molar-refractivity contribution is 5.97. The molecule has 1 aliphatic rings. The smallest absolute Gasteiger partial charge is 0.159 e. The van der Waals surface area contributed by atoms with Gasteiger partial charge in [-0.3, -0.25) is 10.1 Å². The summed E-state index contributed by atoms with van der Waals surface area (Å²) in [7, 11) is 0. The number of nitrogens with zero attached hydrogens (tertiary/aromatic N) is 5. The summed E-state index contributed by atoms with van der Waals surface area (Å²) in [6.45, 7) is 3.47. The topological polar surface area (TPSA) is 98.4 Å². The summed E-state index contributed by atoms with van der Waals surface area (Å²) in [4.78, 5) is 19.3. The Labute approximate surface area is 211 Å². The van der Waals surface area contributed by atoms with Gasteiger partial charge in [0, 0.05) is 67.1 Å². The van der Waals surface area contributed by atoms with Crippen molar-refractivity contribution in [3.8, 4) is 33.8 Å². The Bertz CT molecular complexity index is 1730. The van der Waals surface area contributed by atoms with Crippen molar-refractivity contribution in [3.05, 3.63) is 79.0 Å². The fourth-order valence-electron chi connectivity index (χ4n) is 4.99. The second-order valence-corrected chi connectivity index (χ2v) is 9.16. The summed E-state index contributed by atoms with van der Waals surface area (Å²) < 4.78 is 14.8. The van der Waals surface area contributed by atoms with E-state index >= 15 is 0 Å². The molecule has 4 aromatic heterocycles. The van der Waals surface area contributed by atoms with E-state index in [-0.39, 0.29) is 5.82 Å². The average Bonchev–Trinajstić information content (AvgIpc) is 3.57. The SMILES string of the molecule is Fc1cc(-c2cccc3[nH]c(-c4n[nH]c5ncc(-c6cccnc6)cc45)nc23)cc(N2CCNCC2)c1. The molecule has 7 rings (SSSR count). The highest BCUT2D eigenvalue weighted by Gasteiger charge is 2.18. The van der Waals surface area contributed by atoms with Gasteiger partial charge in [-0.2, -0.15) is 5.10 Å². The van der Waals surface area contributed by atoms with E-state index in [0.29, 0.717) is 17.2 Å². The largest absolute Gasteiger partial charge is 0.369 e. The van der Waals surface area contributed by atoms with Gasteiger partial charge in [0.2, 0.25) is 0 Å². The summed E-state index contributed by atoms with van der Waals surface area (Å²) in [5, 5.41) is 11.7. The standard InChI is InChI=1S/C28H23FN8/c29-20-11-18(12-21(14-20)37-9-7-30-8-10-37)22-4-1-5-24-25(22)34-28(33-24)26-23-13-19(16-32-27(23)36-35-26)17-3-2-6-31-15-17/h1-6,11-16,30H,7-10H2,(H,33,34)(H,32,35,36). The van der Waals surface area contributed by atoms with E-state index in [1.165, 1.54) is 0 Å². The van der Waals surface area contributed by atoms with E-state index in [0.717, 1.165) is 70.5 Å². The van der Waals surface area contributed by atoms with Crippen LogP contribution in [0.3, 0.4) is 0 Å². The Morgan fingerprint density at radius 2 is 1.81 bits per heavy atom. The van der Waals surface area contributed by atoms with E-state index < -0.39 is 0 Å². The van der Waals surface area contributed by atoms with Crippen LogP contribution in [0.5, 0.6) is 0 Å². The molecule has 37 heavy (non-hydrogen) atoms. The number of para-hydroxylation sites is 1. The van der Waals surface area contributed by atoms with Crippen LogP contribution in [0, 0.1) is 5.82 Å². The lowest BCUT2D eigenvalue weighted by atomic mass is 10.0. The number of pyridine rings is 2.